The minimum atomic E-state index is -3.70. The standard InChI is InChI=1S/C23H24O3S/c1-2-3-18-26-27(24,25)22-16-14-21(15-17-22)23(19-10-6-4-7-11-19)20-12-8-5-9-13-20/h4-17,23H,2-3,18H2,1H3. The van der Waals surface area contributed by atoms with E-state index < -0.39 is 10.1 Å². The molecule has 0 atom stereocenters. The van der Waals surface area contributed by atoms with Gasteiger partial charge >= 0.3 is 0 Å². The van der Waals surface area contributed by atoms with Crippen molar-refractivity contribution >= 4 is 10.1 Å². The molecular formula is C23H24O3S. The lowest BCUT2D eigenvalue weighted by Gasteiger charge is -2.19. The summed E-state index contributed by atoms with van der Waals surface area (Å²) in [6.07, 6.45) is 1.62. The Kier molecular flexibility index (Phi) is 6.43. The topological polar surface area (TPSA) is 43.4 Å². The Morgan fingerprint density at radius 3 is 1.70 bits per heavy atom. The maximum Gasteiger partial charge on any atom is 0.296 e. The first-order chi connectivity index (χ1) is 13.1. The molecule has 140 valence electrons. The minimum absolute atomic E-state index is 0.0464. The van der Waals surface area contributed by atoms with Crippen LogP contribution in [-0.2, 0) is 14.3 Å². The van der Waals surface area contributed by atoms with Crippen LogP contribution in [0.15, 0.2) is 89.8 Å². The van der Waals surface area contributed by atoms with Gasteiger partial charge in [-0.1, -0.05) is 86.1 Å². The van der Waals surface area contributed by atoms with Crippen LogP contribution in [-0.4, -0.2) is 15.0 Å². The van der Waals surface area contributed by atoms with E-state index in [0.717, 1.165) is 18.4 Å². The fraction of sp³-hybridized carbons (Fsp3) is 0.217. The van der Waals surface area contributed by atoms with Crippen LogP contribution in [0.25, 0.3) is 0 Å². The van der Waals surface area contributed by atoms with Gasteiger partial charge in [0.2, 0.25) is 0 Å². The van der Waals surface area contributed by atoms with Crippen LogP contribution in [0.5, 0.6) is 0 Å². The van der Waals surface area contributed by atoms with Gasteiger partial charge in [-0.15, -0.1) is 0 Å². The number of benzene rings is 3. The molecule has 0 aromatic heterocycles. The molecular weight excluding hydrogens is 356 g/mol. The third-order valence-corrected chi connectivity index (χ3v) is 5.83. The molecule has 0 spiro atoms. The second-order valence-corrected chi connectivity index (χ2v) is 8.07. The molecule has 0 aliphatic carbocycles. The molecule has 0 saturated carbocycles. The van der Waals surface area contributed by atoms with Gasteiger partial charge < -0.3 is 0 Å². The highest BCUT2D eigenvalue weighted by atomic mass is 32.2. The van der Waals surface area contributed by atoms with Gasteiger partial charge in [0.25, 0.3) is 10.1 Å². The van der Waals surface area contributed by atoms with E-state index in [0.29, 0.717) is 0 Å². The van der Waals surface area contributed by atoms with Crippen LogP contribution in [0, 0.1) is 0 Å². The van der Waals surface area contributed by atoms with Crippen molar-refractivity contribution in [1.29, 1.82) is 0 Å². The second-order valence-electron chi connectivity index (χ2n) is 6.45. The van der Waals surface area contributed by atoms with Crippen molar-refractivity contribution < 1.29 is 12.6 Å². The van der Waals surface area contributed by atoms with Gasteiger partial charge in [-0.3, -0.25) is 4.18 Å². The molecule has 3 aromatic rings. The van der Waals surface area contributed by atoms with Gasteiger partial charge in [-0.05, 0) is 35.2 Å². The van der Waals surface area contributed by atoms with Crippen LogP contribution in [0.3, 0.4) is 0 Å². The number of hydrogen-bond donors (Lipinski definition) is 0. The van der Waals surface area contributed by atoms with Gasteiger partial charge in [0, 0.05) is 5.92 Å². The fourth-order valence-corrected chi connectivity index (χ4v) is 4.02. The normalized spacial score (nSPS) is 11.6. The van der Waals surface area contributed by atoms with Crippen molar-refractivity contribution in [2.75, 3.05) is 6.61 Å². The minimum Gasteiger partial charge on any atom is -0.266 e. The van der Waals surface area contributed by atoms with Crippen LogP contribution in [0.2, 0.25) is 0 Å². The van der Waals surface area contributed by atoms with Gasteiger partial charge in [0.05, 0.1) is 11.5 Å². The van der Waals surface area contributed by atoms with E-state index >= 15 is 0 Å². The summed E-state index contributed by atoms with van der Waals surface area (Å²) in [5.41, 5.74) is 3.37. The highest BCUT2D eigenvalue weighted by Crippen LogP contribution is 2.32. The summed E-state index contributed by atoms with van der Waals surface area (Å²) in [4.78, 5) is 0.197. The Morgan fingerprint density at radius 2 is 1.22 bits per heavy atom. The van der Waals surface area contributed by atoms with Crippen molar-refractivity contribution in [3.63, 3.8) is 0 Å². The van der Waals surface area contributed by atoms with E-state index in [1.54, 1.807) is 12.1 Å². The summed E-state index contributed by atoms with van der Waals surface area (Å²) >= 11 is 0. The van der Waals surface area contributed by atoms with Gasteiger partial charge in [0.15, 0.2) is 0 Å². The summed E-state index contributed by atoms with van der Waals surface area (Å²) in [5.74, 6) is 0.0464. The Hall–Kier alpha value is -2.43. The van der Waals surface area contributed by atoms with E-state index in [1.165, 1.54) is 11.1 Å². The zero-order chi connectivity index (χ0) is 19.1. The van der Waals surface area contributed by atoms with Gasteiger partial charge in [-0.25, -0.2) is 0 Å². The van der Waals surface area contributed by atoms with E-state index in [-0.39, 0.29) is 17.4 Å². The zero-order valence-corrected chi connectivity index (χ0v) is 16.2. The largest absolute Gasteiger partial charge is 0.296 e. The summed E-state index contributed by atoms with van der Waals surface area (Å²) in [6.45, 7) is 2.22. The SMILES string of the molecule is CCCCOS(=O)(=O)c1ccc(C(c2ccccc2)c2ccccc2)cc1. The second kappa shape index (κ2) is 8.98. The third kappa shape index (κ3) is 4.85. The molecule has 0 aliphatic heterocycles. The molecule has 0 heterocycles. The highest BCUT2D eigenvalue weighted by molar-refractivity contribution is 7.86. The first-order valence-electron chi connectivity index (χ1n) is 9.21. The lowest BCUT2D eigenvalue weighted by molar-refractivity contribution is 0.311. The lowest BCUT2D eigenvalue weighted by atomic mass is 9.85. The van der Waals surface area contributed by atoms with Crippen LogP contribution in [0.1, 0.15) is 42.4 Å². The quantitative estimate of drug-likeness (QED) is 0.300. The Bertz CT molecular complexity index is 894. The predicted molar refractivity (Wildman–Crippen MR) is 108 cm³/mol. The van der Waals surface area contributed by atoms with Crippen molar-refractivity contribution in [2.24, 2.45) is 0 Å². The highest BCUT2D eigenvalue weighted by Gasteiger charge is 2.19. The third-order valence-electron chi connectivity index (χ3n) is 4.50. The monoisotopic (exact) mass is 380 g/mol. The molecule has 0 aliphatic rings. The summed E-state index contributed by atoms with van der Waals surface area (Å²) in [5, 5.41) is 0. The van der Waals surface area contributed by atoms with E-state index in [1.807, 2.05) is 55.5 Å². The first-order valence-corrected chi connectivity index (χ1v) is 10.6. The predicted octanol–water partition coefficient (Wildman–Crippen LogP) is 5.37. The van der Waals surface area contributed by atoms with Gasteiger partial charge in [0.1, 0.15) is 0 Å². The molecule has 0 saturated heterocycles. The van der Waals surface area contributed by atoms with Crippen molar-refractivity contribution in [3.05, 3.63) is 102 Å². The van der Waals surface area contributed by atoms with E-state index in [9.17, 15) is 8.42 Å². The fourth-order valence-electron chi connectivity index (χ4n) is 3.08. The summed E-state index contributed by atoms with van der Waals surface area (Å²) in [7, 11) is -3.70. The van der Waals surface area contributed by atoms with Crippen molar-refractivity contribution in [2.45, 2.75) is 30.6 Å². The molecule has 3 aromatic carbocycles. The number of rotatable bonds is 8. The molecule has 0 radical (unpaired) electrons. The molecule has 0 amide bonds. The van der Waals surface area contributed by atoms with Crippen LogP contribution in [0.4, 0.5) is 0 Å². The molecule has 4 heteroatoms. The molecule has 0 bridgehead atoms. The number of unbranched alkanes of at least 4 members (excludes halogenated alkanes) is 1. The van der Waals surface area contributed by atoms with Crippen LogP contribution >= 0.6 is 0 Å². The Morgan fingerprint density at radius 1 is 0.741 bits per heavy atom. The smallest absolute Gasteiger partial charge is 0.266 e. The molecule has 0 unspecified atom stereocenters. The summed E-state index contributed by atoms with van der Waals surface area (Å²) < 4.78 is 29.7. The average Bonchev–Trinajstić information content (AvgIpc) is 2.70. The maximum atomic E-state index is 12.3. The van der Waals surface area contributed by atoms with Crippen LogP contribution < -0.4 is 0 Å². The maximum absolute atomic E-state index is 12.3. The Balaban J connectivity index is 1.93. The lowest BCUT2D eigenvalue weighted by Crippen LogP contribution is -2.08. The number of hydrogen-bond acceptors (Lipinski definition) is 3. The van der Waals surface area contributed by atoms with E-state index in [2.05, 4.69) is 24.3 Å². The molecule has 0 fully saturated rings. The van der Waals surface area contributed by atoms with Crippen molar-refractivity contribution in [1.82, 2.24) is 0 Å². The van der Waals surface area contributed by atoms with Crippen molar-refractivity contribution in [3.8, 4) is 0 Å². The summed E-state index contributed by atoms with van der Waals surface area (Å²) in [6, 6.07) is 27.5. The molecule has 3 nitrogen and oxygen atoms in total. The van der Waals surface area contributed by atoms with E-state index in [4.69, 9.17) is 4.18 Å². The zero-order valence-electron chi connectivity index (χ0n) is 15.4. The molecule has 0 N–H and O–H groups in total. The molecule has 27 heavy (non-hydrogen) atoms. The molecule has 3 rings (SSSR count). The first kappa shape index (κ1) is 19.3. The average molecular weight is 381 g/mol. The Labute approximate surface area is 161 Å². The van der Waals surface area contributed by atoms with Gasteiger partial charge in [-0.2, -0.15) is 8.42 Å².